The second-order valence-corrected chi connectivity index (χ2v) is 9.68. The Morgan fingerprint density at radius 3 is 2.17 bits per heavy atom. The van der Waals surface area contributed by atoms with E-state index in [2.05, 4.69) is 71.0 Å². The number of benzene rings is 4. The van der Waals surface area contributed by atoms with E-state index in [1.807, 2.05) is 42.5 Å². The Balaban J connectivity index is 1.80. The van der Waals surface area contributed by atoms with Gasteiger partial charge in [0.05, 0.1) is 12.8 Å². The Kier molecular flexibility index (Phi) is 6.79. The molecular formula is C32H33NO2. The fourth-order valence-corrected chi connectivity index (χ4v) is 4.77. The first-order valence-electron chi connectivity index (χ1n) is 11.9. The van der Waals surface area contributed by atoms with Crippen LogP contribution in [0.1, 0.15) is 47.2 Å². The minimum Gasteiger partial charge on any atom is -0.507 e. The highest BCUT2D eigenvalue weighted by Crippen LogP contribution is 2.41. The molecule has 3 nitrogen and oxygen atoms in total. The van der Waals surface area contributed by atoms with Gasteiger partial charge in [0.2, 0.25) is 0 Å². The van der Waals surface area contributed by atoms with E-state index in [-0.39, 0.29) is 11.2 Å². The zero-order chi connectivity index (χ0) is 25.2. The molecule has 0 unspecified atom stereocenters. The van der Waals surface area contributed by atoms with E-state index in [4.69, 9.17) is 9.73 Å². The van der Waals surface area contributed by atoms with E-state index in [9.17, 15) is 5.11 Å². The maximum atomic E-state index is 11.3. The quantitative estimate of drug-likeness (QED) is 0.294. The van der Waals surface area contributed by atoms with Gasteiger partial charge in [-0.2, -0.15) is 0 Å². The first-order chi connectivity index (χ1) is 16.7. The normalized spacial score (nSPS) is 11.7. The van der Waals surface area contributed by atoms with Gasteiger partial charge in [0.15, 0.2) is 0 Å². The molecule has 0 aliphatic heterocycles. The minimum atomic E-state index is -0.357. The number of aryl methyl sites for hydroxylation is 3. The first-order valence-corrected chi connectivity index (χ1v) is 11.9. The molecule has 0 bridgehead atoms. The number of rotatable bonds is 6. The van der Waals surface area contributed by atoms with Crippen molar-refractivity contribution >= 4 is 11.9 Å². The molecule has 0 heterocycles. The largest absolute Gasteiger partial charge is 0.507 e. The Hall–Kier alpha value is -3.85. The van der Waals surface area contributed by atoms with Crippen LogP contribution in [-0.4, -0.2) is 18.4 Å². The van der Waals surface area contributed by atoms with E-state index in [0.717, 1.165) is 44.8 Å². The summed E-state index contributed by atoms with van der Waals surface area (Å²) in [6.07, 6.45) is 1.76. The smallest absolute Gasteiger partial charge is 0.129 e. The Labute approximate surface area is 208 Å². The van der Waals surface area contributed by atoms with Gasteiger partial charge < -0.3 is 9.84 Å². The van der Waals surface area contributed by atoms with Crippen LogP contribution < -0.4 is 4.74 Å². The number of hydrogen-bond donors (Lipinski definition) is 1. The highest BCUT2D eigenvalue weighted by atomic mass is 16.5. The molecule has 0 saturated heterocycles. The lowest BCUT2D eigenvalue weighted by molar-refractivity contribution is 0.413. The molecule has 1 N–H and O–H groups in total. The van der Waals surface area contributed by atoms with Crippen LogP contribution in [0.25, 0.3) is 11.1 Å². The Morgan fingerprint density at radius 1 is 0.800 bits per heavy atom. The molecule has 0 radical (unpaired) electrons. The van der Waals surface area contributed by atoms with Crippen molar-refractivity contribution in [3.63, 3.8) is 0 Å². The lowest BCUT2D eigenvalue weighted by Gasteiger charge is -2.28. The Morgan fingerprint density at radius 2 is 1.46 bits per heavy atom. The highest BCUT2D eigenvalue weighted by molar-refractivity contribution is 5.90. The van der Waals surface area contributed by atoms with Crippen LogP contribution >= 0.6 is 0 Å². The number of para-hydroxylation sites is 1. The van der Waals surface area contributed by atoms with Crippen LogP contribution in [0.3, 0.4) is 0 Å². The Bertz CT molecular complexity index is 1380. The standard InChI is InChI=1S/C32H33NO2/c1-21-16-23(3)31(35-6)27(18-21)26-14-10-11-15-29(26)33-20-24-17-22(2)19-28(30(24)34)32(4,5)25-12-8-7-9-13-25/h7-20,34H,1-6H3. The van der Waals surface area contributed by atoms with Crippen LogP contribution in [0.4, 0.5) is 5.69 Å². The molecule has 3 heteroatoms. The third-order valence-electron chi connectivity index (χ3n) is 6.61. The van der Waals surface area contributed by atoms with E-state index in [0.29, 0.717) is 5.56 Å². The maximum absolute atomic E-state index is 11.3. The highest BCUT2D eigenvalue weighted by Gasteiger charge is 2.27. The summed E-state index contributed by atoms with van der Waals surface area (Å²) in [5, 5.41) is 11.3. The second kappa shape index (κ2) is 9.79. The lowest BCUT2D eigenvalue weighted by atomic mass is 9.76. The third kappa shape index (κ3) is 4.85. The minimum absolute atomic E-state index is 0.259. The van der Waals surface area contributed by atoms with Crippen LogP contribution in [0.2, 0.25) is 0 Å². The number of aliphatic imine (C=N–C) groups is 1. The van der Waals surface area contributed by atoms with Gasteiger partial charge in [0.25, 0.3) is 0 Å². The molecule has 0 aromatic heterocycles. The molecule has 4 aromatic carbocycles. The summed E-state index contributed by atoms with van der Waals surface area (Å²) in [6.45, 7) is 10.5. The van der Waals surface area contributed by atoms with Crippen molar-refractivity contribution in [1.82, 2.24) is 0 Å². The van der Waals surface area contributed by atoms with Crippen molar-refractivity contribution < 1.29 is 9.84 Å². The zero-order valence-electron chi connectivity index (χ0n) is 21.4. The number of aromatic hydroxyl groups is 1. The average Bonchev–Trinajstić information content (AvgIpc) is 2.84. The summed E-state index contributed by atoms with van der Waals surface area (Å²) < 4.78 is 5.74. The molecule has 0 fully saturated rings. The molecule has 178 valence electrons. The van der Waals surface area contributed by atoms with Gasteiger partial charge in [-0.15, -0.1) is 0 Å². The van der Waals surface area contributed by atoms with E-state index < -0.39 is 0 Å². The SMILES string of the molecule is COc1c(C)cc(C)cc1-c1ccccc1N=Cc1cc(C)cc(C(C)(C)c2ccccc2)c1O. The fraction of sp³-hybridized carbons (Fsp3) is 0.219. The summed E-state index contributed by atoms with van der Waals surface area (Å²) in [5.41, 5.74) is 8.53. The number of hydrogen-bond acceptors (Lipinski definition) is 3. The molecule has 4 aromatic rings. The van der Waals surface area contributed by atoms with Crippen molar-refractivity contribution in [2.75, 3.05) is 7.11 Å². The van der Waals surface area contributed by atoms with Gasteiger partial charge >= 0.3 is 0 Å². The molecule has 0 aliphatic rings. The third-order valence-corrected chi connectivity index (χ3v) is 6.61. The first kappa shape index (κ1) is 24.3. The second-order valence-electron chi connectivity index (χ2n) is 9.68. The van der Waals surface area contributed by atoms with E-state index >= 15 is 0 Å². The van der Waals surface area contributed by atoms with Gasteiger partial charge in [-0.1, -0.05) is 74.5 Å². The van der Waals surface area contributed by atoms with Crippen molar-refractivity contribution in [3.05, 3.63) is 112 Å². The van der Waals surface area contributed by atoms with Crippen LogP contribution in [-0.2, 0) is 5.41 Å². The fourth-order valence-electron chi connectivity index (χ4n) is 4.77. The predicted octanol–water partition coefficient (Wildman–Crippen LogP) is 8.07. The van der Waals surface area contributed by atoms with Gasteiger partial charge in [-0.05, 0) is 61.2 Å². The number of nitrogens with zero attached hydrogens (tertiary/aromatic N) is 1. The molecule has 0 saturated carbocycles. The number of phenolic OH excluding ortho intramolecular Hbond substituents is 1. The molecule has 0 amide bonds. The van der Waals surface area contributed by atoms with Crippen molar-refractivity contribution in [3.8, 4) is 22.6 Å². The van der Waals surface area contributed by atoms with Crippen LogP contribution in [0.5, 0.6) is 11.5 Å². The zero-order valence-corrected chi connectivity index (χ0v) is 21.4. The summed E-state index contributed by atoms with van der Waals surface area (Å²) in [5.74, 6) is 1.11. The summed E-state index contributed by atoms with van der Waals surface area (Å²) in [6, 6.07) is 26.6. The van der Waals surface area contributed by atoms with Crippen molar-refractivity contribution in [2.24, 2.45) is 4.99 Å². The van der Waals surface area contributed by atoms with Crippen molar-refractivity contribution in [1.29, 1.82) is 0 Å². The molecule has 0 atom stereocenters. The van der Waals surface area contributed by atoms with Gasteiger partial charge in [0, 0.05) is 33.9 Å². The van der Waals surface area contributed by atoms with E-state index in [1.165, 1.54) is 5.56 Å². The van der Waals surface area contributed by atoms with Crippen molar-refractivity contribution in [2.45, 2.75) is 40.0 Å². The maximum Gasteiger partial charge on any atom is 0.129 e. The molecule has 35 heavy (non-hydrogen) atoms. The monoisotopic (exact) mass is 463 g/mol. The van der Waals surface area contributed by atoms with Gasteiger partial charge in [0.1, 0.15) is 11.5 Å². The predicted molar refractivity (Wildman–Crippen MR) is 147 cm³/mol. The molecule has 0 aliphatic carbocycles. The number of phenols is 1. The molecule has 0 spiro atoms. The topological polar surface area (TPSA) is 41.8 Å². The van der Waals surface area contributed by atoms with Crippen LogP contribution in [0.15, 0.2) is 83.9 Å². The summed E-state index contributed by atoms with van der Waals surface area (Å²) in [7, 11) is 1.70. The summed E-state index contributed by atoms with van der Waals surface area (Å²) in [4.78, 5) is 4.84. The van der Waals surface area contributed by atoms with Gasteiger partial charge in [-0.25, -0.2) is 0 Å². The van der Waals surface area contributed by atoms with Crippen LogP contribution in [0, 0.1) is 20.8 Å². The average molecular weight is 464 g/mol. The molecular weight excluding hydrogens is 430 g/mol. The number of methoxy groups -OCH3 is 1. The van der Waals surface area contributed by atoms with Gasteiger partial charge in [-0.3, -0.25) is 4.99 Å². The number of ether oxygens (including phenoxy) is 1. The summed E-state index contributed by atoms with van der Waals surface area (Å²) >= 11 is 0. The van der Waals surface area contributed by atoms with E-state index in [1.54, 1.807) is 13.3 Å². The lowest BCUT2D eigenvalue weighted by Crippen LogP contribution is -2.19. The molecule has 4 rings (SSSR count).